The van der Waals surface area contributed by atoms with Gasteiger partial charge in [0.1, 0.15) is 13.2 Å². The topological polar surface area (TPSA) is 78.9 Å². The van der Waals surface area contributed by atoms with Crippen LogP contribution in [0.4, 0.5) is 0 Å². The first-order chi connectivity index (χ1) is 32.0. The monoisotopic (exact) mass is 903 g/mol. The van der Waals surface area contributed by atoms with Gasteiger partial charge < -0.3 is 14.2 Å². The van der Waals surface area contributed by atoms with Crippen LogP contribution in [-0.2, 0) is 28.6 Å². The molecule has 0 saturated heterocycles. The highest BCUT2D eigenvalue weighted by Crippen LogP contribution is 2.13. The molecule has 0 bridgehead atoms. The Morgan fingerprint density at radius 2 is 0.677 bits per heavy atom. The maximum Gasteiger partial charge on any atom is 0.306 e. The lowest BCUT2D eigenvalue weighted by Gasteiger charge is -2.18. The third-order valence-corrected chi connectivity index (χ3v) is 11.1. The fourth-order valence-corrected chi connectivity index (χ4v) is 7.06. The summed E-state index contributed by atoms with van der Waals surface area (Å²) in [7, 11) is 0. The molecular weight excluding hydrogens is 805 g/mol. The van der Waals surface area contributed by atoms with Gasteiger partial charge in [-0.05, 0) is 103 Å². The fourth-order valence-electron chi connectivity index (χ4n) is 7.06. The molecule has 65 heavy (non-hydrogen) atoms. The number of hydrogen-bond donors (Lipinski definition) is 0. The van der Waals surface area contributed by atoms with E-state index in [2.05, 4.69) is 112 Å². The minimum Gasteiger partial charge on any atom is -0.462 e. The molecule has 0 saturated carbocycles. The highest BCUT2D eigenvalue weighted by molar-refractivity contribution is 5.71. The van der Waals surface area contributed by atoms with Crippen LogP contribution in [0.1, 0.15) is 239 Å². The van der Waals surface area contributed by atoms with Gasteiger partial charge in [0, 0.05) is 19.3 Å². The summed E-state index contributed by atoms with van der Waals surface area (Å²) in [6, 6.07) is 0. The van der Waals surface area contributed by atoms with Crippen molar-refractivity contribution in [3.63, 3.8) is 0 Å². The molecule has 370 valence electrons. The van der Waals surface area contributed by atoms with Crippen molar-refractivity contribution in [3.05, 3.63) is 97.2 Å². The Morgan fingerprint density at radius 3 is 1.14 bits per heavy atom. The first-order valence-electron chi connectivity index (χ1n) is 26.8. The Labute approximate surface area is 400 Å². The Kier molecular flexibility index (Phi) is 50.0. The zero-order valence-electron chi connectivity index (χ0n) is 42.2. The lowest BCUT2D eigenvalue weighted by molar-refractivity contribution is -0.166. The zero-order chi connectivity index (χ0) is 47.2. The molecule has 0 aliphatic carbocycles. The number of allylic oxidation sites excluding steroid dienone is 16. The van der Waals surface area contributed by atoms with Crippen molar-refractivity contribution in [2.24, 2.45) is 0 Å². The molecule has 6 nitrogen and oxygen atoms in total. The van der Waals surface area contributed by atoms with Crippen LogP contribution in [0.2, 0.25) is 0 Å². The maximum atomic E-state index is 12.8. The molecule has 6 heteroatoms. The average molecular weight is 903 g/mol. The number of hydrogen-bond acceptors (Lipinski definition) is 6. The molecule has 0 aliphatic heterocycles. The summed E-state index contributed by atoms with van der Waals surface area (Å²) < 4.78 is 16.7. The molecule has 0 radical (unpaired) electrons. The van der Waals surface area contributed by atoms with Crippen molar-refractivity contribution >= 4 is 17.9 Å². The quantitative estimate of drug-likeness (QED) is 0.0199. The largest absolute Gasteiger partial charge is 0.462 e. The van der Waals surface area contributed by atoms with E-state index < -0.39 is 6.10 Å². The van der Waals surface area contributed by atoms with Crippen LogP contribution in [0.5, 0.6) is 0 Å². The summed E-state index contributed by atoms with van der Waals surface area (Å²) >= 11 is 0. The van der Waals surface area contributed by atoms with E-state index in [1.165, 1.54) is 89.9 Å². The summed E-state index contributed by atoms with van der Waals surface area (Å²) in [5.74, 6) is -1.03. The highest BCUT2D eigenvalue weighted by Gasteiger charge is 2.19. The first kappa shape index (κ1) is 61.3. The van der Waals surface area contributed by atoms with E-state index in [0.29, 0.717) is 19.3 Å². The second-order valence-corrected chi connectivity index (χ2v) is 17.4. The summed E-state index contributed by atoms with van der Waals surface area (Å²) in [5.41, 5.74) is 0. The van der Waals surface area contributed by atoms with Crippen molar-refractivity contribution in [1.29, 1.82) is 0 Å². The van der Waals surface area contributed by atoms with Gasteiger partial charge in [-0.2, -0.15) is 0 Å². The molecule has 0 aromatic rings. The maximum absolute atomic E-state index is 12.8. The van der Waals surface area contributed by atoms with E-state index in [1.54, 1.807) is 0 Å². The molecule has 0 fully saturated rings. The Morgan fingerprint density at radius 1 is 0.338 bits per heavy atom. The van der Waals surface area contributed by atoms with Crippen LogP contribution in [0.15, 0.2) is 97.2 Å². The molecule has 0 amide bonds. The van der Waals surface area contributed by atoms with Gasteiger partial charge in [-0.15, -0.1) is 0 Å². The van der Waals surface area contributed by atoms with Crippen molar-refractivity contribution < 1.29 is 28.6 Å². The second kappa shape index (κ2) is 52.9. The number of unbranched alkanes of at least 4 members (excludes halogenated alkanes) is 21. The van der Waals surface area contributed by atoms with Gasteiger partial charge in [-0.1, -0.05) is 214 Å². The lowest BCUT2D eigenvalue weighted by atomic mass is 10.1. The molecule has 0 aromatic heterocycles. The average Bonchev–Trinajstić information content (AvgIpc) is 3.30. The van der Waals surface area contributed by atoms with Gasteiger partial charge in [0.05, 0.1) is 0 Å². The summed E-state index contributed by atoms with van der Waals surface area (Å²) in [5, 5.41) is 0. The van der Waals surface area contributed by atoms with Crippen molar-refractivity contribution in [3.8, 4) is 0 Å². The zero-order valence-corrected chi connectivity index (χ0v) is 42.2. The van der Waals surface area contributed by atoms with E-state index >= 15 is 0 Å². The molecule has 0 aromatic carbocycles. The van der Waals surface area contributed by atoms with Gasteiger partial charge in [0.25, 0.3) is 0 Å². The summed E-state index contributed by atoms with van der Waals surface area (Å²) in [6.45, 7) is 6.41. The minimum atomic E-state index is -0.824. The van der Waals surface area contributed by atoms with Crippen LogP contribution < -0.4 is 0 Å². The van der Waals surface area contributed by atoms with E-state index in [-0.39, 0.29) is 44.0 Å². The second-order valence-electron chi connectivity index (χ2n) is 17.4. The SMILES string of the molecule is CC/C=C\C/C=C\C/C=C\C/C=C\CCCCCC(=O)OC(COC(=O)CC/C=C\C/C=C\CCCCCCCC)COC(=O)CCCCCCC/C=C\C=C/CCCCCCCCC. The third-order valence-electron chi connectivity index (χ3n) is 11.1. The predicted molar refractivity (Wildman–Crippen MR) is 279 cm³/mol. The van der Waals surface area contributed by atoms with E-state index in [1.807, 2.05) is 6.08 Å². The molecule has 0 heterocycles. The fraction of sp³-hybridized carbons (Fsp3) is 0.678. The lowest BCUT2D eigenvalue weighted by Crippen LogP contribution is -2.30. The van der Waals surface area contributed by atoms with Crippen LogP contribution in [0, 0.1) is 0 Å². The first-order valence-corrected chi connectivity index (χ1v) is 26.8. The van der Waals surface area contributed by atoms with Gasteiger partial charge in [-0.3, -0.25) is 14.4 Å². The highest BCUT2D eigenvalue weighted by atomic mass is 16.6. The number of rotatable bonds is 47. The van der Waals surface area contributed by atoms with Crippen LogP contribution in [-0.4, -0.2) is 37.2 Å². The molecule has 1 unspecified atom stereocenters. The van der Waals surface area contributed by atoms with Gasteiger partial charge in [0.2, 0.25) is 0 Å². The normalized spacial score (nSPS) is 12.8. The standard InChI is InChI=1S/C59H98O6/c1-4-7-10-13-16-19-22-25-27-29-30-32-34-37-40-43-46-49-52-58(61)64-55-56(54-63-57(60)51-48-45-42-39-36-33-24-21-18-15-12-9-6-3)65-59(62)53-50-47-44-41-38-35-31-28-26-23-20-17-14-11-8-5-2/h8,11,17,20,26-30,32-33,35-36,38,42,45,56H,4-7,9-10,12-16,18-19,21-25,31,34,37,39-41,43-44,46-55H2,1-3H3/b11-8-,20-17-,28-26-,29-27-,32-30-,36-33-,38-35-,45-42-. The Balaban J connectivity index is 4.52. The minimum absolute atomic E-state index is 0.117. The molecule has 0 aliphatic rings. The van der Waals surface area contributed by atoms with Crippen molar-refractivity contribution in [1.82, 2.24) is 0 Å². The van der Waals surface area contributed by atoms with Crippen molar-refractivity contribution in [2.75, 3.05) is 13.2 Å². The number of carbonyl (C=O) groups excluding carboxylic acids is 3. The van der Waals surface area contributed by atoms with E-state index in [9.17, 15) is 14.4 Å². The van der Waals surface area contributed by atoms with Gasteiger partial charge >= 0.3 is 17.9 Å². The molecule has 0 rings (SSSR count). The van der Waals surface area contributed by atoms with E-state index in [0.717, 1.165) is 96.3 Å². The summed E-state index contributed by atoms with van der Waals surface area (Å²) in [6.07, 6.45) is 69.8. The van der Waals surface area contributed by atoms with E-state index in [4.69, 9.17) is 14.2 Å². The molecule has 0 N–H and O–H groups in total. The Bertz CT molecular complexity index is 1310. The van der Waals surface area contributed by atoms with Crippen LogP contribution in [0.25, 0.3) is 0 Å². The summed E-state index contributed by atoms with van der Waals surface area (Å²) in [4.78, 5) is 38.0. The van der Waals surface area contributed by atoms with Crippen molar-refractivity contribution in [2.45, 2.75) is 245 Å². The Hall–Kier alpha value is -3.67. The number of esters is 3. The molecule has 0 spiro atoms. The number of ether oxygens (including phenoxy) is 3. The van der Waals surface area contributed by atoms with Gasteiger partial charge in [0.15, 0.2) is 6.10 Å². The van der Waals surface area contributed by atoms with Crippen LogP contribution >= 0.6 is 0 Å². The number of carbonyl (C=O) groups is 3. The van der Waals surface area contributed by atoms with Gasteiger partial charge in [-0.25, -0.2) is 0 Å². The van der Waals surface area contributed by atoms with Crippen LogP contribution in [0.3, 0.4) is 0 Å². The third kappa shape index (κ3) is 51.2. The molecular formula is C59H98O6. The smallest absolute Gasteiger partial charge is 0.306 e. The molecule has 1 atom stereocenters. The predicted octanol–water partition coefficient (Wildman–Crippen LogP) is 17.8.